The minimum absolute atomic E-state index is 0.216. The van der Waals surface area contributed by atoms with Crippen molar-refractivity contribution < 1.29 is 4.79 Å². The molecule has 0 aromatic rings. The summed E-state index contributed by atoms with van der Waals surface area (Å²) < 4.78 is 0. The van der Waals surface area contributed by atoms with Crippen molar-refractivity contribution in [1.29, 1.82) is 0 Å². The first kappa shape index (κ1) is 11.9. The van der Waals surface area contributed by atoms with E-state index in [1.807, 2.05) is 0 Å². The zero-order valence-electron chi connectivity index (χ0n) is 10.7. The molecule has 0 saturated carbocycles. The molecule has 0 spiro atoms. The van der Waals surface area contributed by atoms with Gasteiger partial charge in [-0.05, 0) is 45.6 Å². The van der Waals surface area contributed by atoms with Gasteiger partial charge < -0.3 is 10.2 Å². The largest absolute Gasteiger partial charge is 0.339 e. The molecular weight excluding hydrogens is 200 g/mol. The maximum absolute atomic E-state index is 12.5. The number of likely N-dealkylation sites (tertiary alicyclic amines) is 1. The molecule has 2 rings (SSSR count). The quantitative estimate of drug-likeness (QED) is 0.734. The van der Waals surface area contributed by atoms with Crippen LogP contribution in [-0.4, -0.2) is 36.0 Å². The van der Waals surface area contributed by atoms with Crippen LogP contribution < -0.4 is 5.32 Å². The van der Waals surface area contributed by atoms with Gasteiger partial charge in [-0.2, -0.15) is 0 Å². The van der Waals surface area contributed by atoms with Crippen LogP contribution in [0.5, 0.6) is 0 Å². The summed E-state index contributed by atoms with van der Waals surface area (Å²) in [5.74, 6) is 1.27. The van der Waals surface area contributed by atoms with Gasteiger partial charge in [0.05, 0.1) is 5.92 Å². The summed E-state index contributed by atoms with van der Waals surface area (Å²) in [4.78, 5) is 14.6. The average molecular weight is 224 g/mol. The van der Waals surface area contributed by atoms with Crippen LogP contribution in [0.4, 0.5) is 0 Å². The van der Waals surface area contributed by atoms with Crippen molar-refractivity contribution in [2.24, 2.45) is 11.8 Å². The molecule has 1 N–H and O–H groups in total. The highest BCUT2D eigenvalue weighted by Gasteiger charge is 2.36. The summed E-state index contributed by atoms with van der Waals surface area (Å²) in [7, 11) is 0. The van der Waals surface area contributed by atoms with Crippen LogP contribution in [0.3, 0.4) is 0 Å². The number of amides is 1. The minimum atomic E-state index is 0.216. The van der Waals surface area contributed by atoms with E-state index in [0.29, 0.717) is 23.9 Å². The molecule has 2 heterocycles. The maximum Gasteiger partial charge on any atom is 0.227 e. The Morgan fingerprint density at radius 1 is 1.19 bits per heavy atom. The van der Waals surface area contributed by atoms with Gasteiger partial charge in [0.15, 0.2) is 0 Å². The Balaban J connectivity index is 2.02. The predicted molar refractivity (Wildman–Crippen MR) is 65.1 cm³/mol. The van der Waals surface area contributed by atoms with Crippen LogP contribution in [0.2, 0.25) is 0 Å². The van der Waals surface area contributed by atoms with Gasteiger partial charge in [0.1, 0.15) is 0 Å². The van der Waals surface area contributed by atoms with E-state index in [4.69, 9.17) is 0 Å². The Labute approximate surface area is 98.6 Å². The van der Waals surface area contributed by atoms with Crippen molar-refractivity contribution >= 4 is 5.91 Å². The van der Waals surface area contributed by atoms with Gasteiger partial charge in [-0.3, -0.25) is 4.79 Å². The number of carbonyl (C=O) groups is 1. The average Bonchev–Trinajstić information content (AvgIpc) is 2.67. The number of nitrogens with one attached hydrogen (secondary N) is 1. The fourth-order valence-corrected chi connectivity index (χ4v) is 3.00. The van der Waals surface area contributed by atoms with Crippen LogP contribution in [-0.2, 0) is 4.79 Å². The lowest BCUT2D eigenvalue weighted by molar-refractivity contribution is -0.140. The van der Waals surface area contributed by atoms with Crippen molar-refractivity contribution in [2.45, 2.75) is 52.1 Å². The van der Waals surface area contributed by atoms with Crippen molar-refractivity contribution in [3.63, 3.8) is 0 Å². The van der Waals surface area contributed by atoms with E-state index in [-0.39, 0.29) is 5.92 Å². The lowest BCUT2D eigenvalue weighted by Gasteiger charge is -2.38. The van der Waals surface area contributed by atoms with Crippen LogP contribution >= 0.6 is 0 Å². The van der Waals surface area contributed by atoms with Gasteiger partial charge in [-0.15, -0.1) is 0 Å². The molecule has 2 fully saturated rings. The van der Waals surface area contributed by atoms with Crippen molar-refractivity contribution in [2.75, 3.05) is 13.1 Å². The Bertz CT molecular complexity index is 267. The summed E-state index contributed by atoms with van der Waals surface area (Å²) in [6.45, 7) is 8.53. The zero-order valence-corrected chi connectivity index (χ0v) is 10.7. The molecule has 92 valence electrons. The highest BCUT2D eigenvalue weighted by Crippen LogP contribution is 2.26. The monoisotopic (exact) mass is 224 g/mol. The summed E-state index contributed by atoms with van der Waals surface area (Å²) >= 11 is 0. The van der Waals surface area contributed by atoms with E-state index in [9.17, 15) is 4.79 Å². The lowest BCUT2D eigenvalue weighted by atomic mass is 9.92. The summed E-state index contributed by atoms with van der Waals surface area (Å²) in [6, 6.07) is 0.799. The Hall–Kier alpha value is -0.570. The van der Waals surface area contributed by atoms with Crippen molar-refractivity contribution in [3.05, 3.63) is 0 Å². The predicted octanol–water partition coefficient (Wildman–Crippen LogP) is 1.63. The van der Waals surface area contributed by atoms with E-state index in [0.717, 1.165) is 19.5 Å². The SMILES string of the molecule is CC1CCC(C)N(C(=O)C2CCNC2C)C1. The van der Waals surface area contributed by atoms with Crippen LogP contribution in [0, 0.1) is 11.8 Å². The van der Waals surface area contributed by atoms with Crippen LogP contribution in [0.1, 0.15) is 40.0 Å². The second-order valence-electron chi connectivity index (χ2n) is 5.66. The molecule has 16 heavy (non-hydrogen) atoms. The molecule has 2 saturated heterocycles. The fraction of sp³-hybridized carbons (Fsp3) is 0.923. The Morgan fingerprint density at radius 2 is 1.94 bits per heavy atom. The van der Waals surface area contributed by atoms with Gasteiger partial charge in [-0.25, -0.2) is 0 Å². The first-order valence-corrected chi connectivity index (χ1v) is 6.63. The van der Waals surface area contributed by atoms with Gasteiger partial charge in [-0.1, -0.05) is 6.92 Å². The molecule has 1 amide bonds. The van der Waals surface area contributed by atoms with E-state index >= 15 is 0 Å². The molecule has 0 aromatic carbocycles. The van der Waals surface area contributed by atoms with Gasteiger partial charge >= 0.3 is 0 Å². The van der Waals surface area contributed by atoms with E-state index in [2.05, 4.69) is 31.0 Å². The highest BCUT2D eigenvalue weighted by atomic mass is 16.2. The third kappa shape index (κ3) is 2.24. The molecule has 0 radical (unpaired) electrons. The normalized spacial score (nSPS) is 40.1. The van der Waals surface area contributed by atoms with Crippen molar-refractivity contribution in [3.8, 4) is 0 Å². The number of rotatable bonds is 1. The number of hydrogen-bond donors (Lipinski definition) is 1. The standard InChI is InChI=1S/C13H24N2O/c1-9-4-5-10(2)15(8-9)13(16)12-6-7-14-11(12)3/h9-12,14H,4-8H2,1-3H3. The van der Waals surface area contributed by atoms with Crippen molar-refractivity contribution in [1.82, 2.24) is 10.2 Å². The van der Waals surface area contributed by atoms with Gasteiger partial charge in [0, 0.05) is 18.6 Å². The number of hydrogen-bond acceptors (Lipinski definition) is 2. The summed E-state index contributed by atoms with van der Waals surface area (Å²) in [5, 5.41) is 3.37. The minimum Gasteiger partial charge on any atom is -0.339 e. The molecule has 3 heteroatoms. The summed E-state index contributed by atoms with van der Waals surface area (Å²) in [6.07, 6.45) is 3.45. The molecule has 0 aliphatic carbocycles. The molecular formula is C13H24N2O. The molecule has 4 atom stereocenters. The molecule has 4 unspecified atom stereocenters. The Morgan fingerprint density at radius 3 is 2.56 bits per heavy atom. The molecule has 3 nitrogen and oxygen atoms in total. The van der Waals surface area contributed by atoms with Crippen LogP contribution in [0.15, 0.2) is 0 Å². The second kappa shape index (κ2) is 4.74. The molecule has 2 aliphatic heterocycles. The first-order valence-electron chi connectivity index (χ1n) is 6.63. The smallest absolute Gasteiger partial charge is 0.227 e. The molecule has 0 aromatic heterocycles. The second-order valence-corrected chi connectivity index (χ2v) is 5.66. The lowest BCUT2D eigenvalue weighted by Crippen LogP contribution is -2.49. The Kier molecular flexibility index (Phi) is 3.53. The maximum atomic E-state index is 12.5. The topological polar surface area (TPSA) is 32.3 Å². The molecule has 0 bridgehead atoms. The third-order valence-electron chi connectivity index (χ3n) is 4.24. The van der Waals surface area contributed by atoms with E-state index in [1.165, 1.54) is 12.8 Å². The summed E-state index contributed by atoms with van der Waals surface area (Å²) in [5.41, 5.74) is 0. The van der Waals surface area contributed by atoms with Gasteiger partial charge in [0.2, 0.25) is 5.91 Å². The number of carbonyl (C=O) groups excluding carboxylic acids is 1. The first-order chi connectivity index (χ1) is 7.59. The third-order valence-corrected chi connectivity index (χ3v) is 4.24. The highest BCUT2D eigenvalue weighted by molar-refractivity contribution is 5.80. The van der Waals surface area contributed by atoms with E-state index < -0.39 is 0 Å². The fourth-order valence-electron chi connectivity index (χ4n) is 3.00. The zero-order chi connectivity index (χ0) is 11.7. The molecule has 2 aliphatic rings. The van der Waals surface area contributed by atoms with Crippen LogP contribution in [0.25, 0.3) is 0 Å². The van der Waals surface area contributed by atoms with Gasteiger partial charge in [0.25, 0.3) is 0 Å². The van der Waals surface area contributed by atoms with E-state index in [1.54, 1.807) is 0 Å². The number of piperidine rings is 1. The number of nitrogens with zero attached hydrogens (tertiary/aromatic N) is 1.